The van der Waals surface area contributed by atoms with Gasteiger partial charge in [0.2, 0.25) is 5.60 Å². The number of aliphatic hydroxyl groups is 1. The van der Waals surface area contributed by atoms with Gasteiger partial charge in [-0.3, -0.25) is 4.98 Å². The maximum atomic E-state index is 14.1. The lowest BCUT2D eigenvalue weighted by molar-refractivity contribution is -0.337. The lowest BCUT2D eigenvalue weighted by atomic mass is 9.82. The Kier molecular flexibility index (Phi) is 3.95. The number of pyridine rings is 1. The number of nitrogens with zero attached hydrogens (tertiary/aromatic N) is 1. The van der Waals surface area contributed by atoms with Crippen LogP contribution in [-0.4, -0.2) is 22.2 Å². The summed E-state index contributed by atoms with van der Waals surface area (Å²) in [5.41, 5.74) is -4.53. The van der Waals surface area contributed by atoms with E-state index in [0.717, 1.165) is 24.4 Å². The molecule has 0 radical (unpaired) electrons. The Labute approximate surface area is 123 Å². The molecule has 0 bridgehead atoms. The van der Waals surface area contributed by atoms with Crippen molar-refractivity contribution in [1.29, 1.82) is 0 Å². The number of alkyl halides is 5. The minimum Gasteiger partial charge on any atom is -0.373 e. The zero-order chi connectivity index (χ0) is 16.6. The Hall–Kier alpha value is -2.02. The van der Waals surface area contributed by atoms with Crippen LogP contribution in [0.3, 0.4) is 0 Å². The third kappa shape index (κ3) is 2.45. The molecular weight excluding hydrogens is 305 g/mol. The maximum Gasteiger partial charge on any atom is 0.457 e. The van der Waals surface area contributed by atoms with Gasteiger partial charge in [-0.25, -0.2) is 0 Å². The third-order valence-corrected chi connectivity index (χ3v) is 3.28. The molecule has 0 saturated heterocycles. The molecular formula is C15H12F5NO. The van der Waals surface area contributed by atoms with Crippen LogP contribution in [0.1, 0.15) is 16.8 Å². The van der Waals surface area contributed by atoms with Gasteiger partial charge in [-0.2, -0.15) is 22.0 Å². The van der Waals surface area contributed by atoms with Crippen LogP contribution in [0.5, 0.6) is 0 Å². The number of aromatic nitrogens is 1. The summed E-state index contributed by atoms with van der Waals surface area (Å²) in [5.74, 6) is -5.41. The van der Waals surface area contributed by atoms with E-state index in [1.54, 1.807) is 0 Å². The van der Waals surface area contributed by atoms with E-state index in [2.05, 4.69) is 4.98 Å². The van der Waals surface area contributed by atoms with Crippen LogP contribution in [0.4, 0.5) is 22.0 Å². The summed E-state index contributed by atoms with van der Waals surface area (Å²) in [6, 6.07) is 8.43. The van der Waals surface area contributed by atoms with Gasteiger partial charge in [0.15, 0.2) is 0 Å². The Morgan fingerprint density at radius 3 is 2.14 bits per heavy atom. The fourth-order valence-electron chi connectivity index (χ4n) is 2.14. The Morgan fingerprint density at radius 1 is 0.955 bits per heavy atom. The molecule has 7 heteroatoms. The average molecular weight is 317 g/mol. The van der Waals surface area contributed by atoms with Crippen LogP contribution >= 0.6 is 0 Å². The van der Waals surface area contributed by atoms with E-state index >= 15 is 0 Å². The molecule has 2 aromatic rings. The van der Waals surface area contributed by atoms with Crippen LogP contribution < -0.4 is 0 Å². The standard InChI is InChI=1S/C15H12F5NO/c1-10-5-4-6-11(9-10)13(22,12-7-2-3-8-21-12)14(16,17)15(18,19)20/h2-9,22H,1H3. The van der Waals surface area contributed by atoms with E-state index in [4.69, 9.17) is 0 Å². The summed E-state index contributed by atoms with van der Waals surface area (Å²) in [6.45, 7) is 1.52. The zero-order valence-corrected chi connectivity index (χ0v) is 11.4. The molecule has 1 heterocycles. The number of rotatable bonds is 3. The average Bonchev–Trinajstić information content (AvgIpc) is 2.46. The Morgan fingerprint density at radius 2 is 1.64 bits per heavy atom. The molecule has 22 heavy (non-hydrogen) atoms. The van der Waals surface area contributed by atoms with Gasteiger partial charge >= 0.3 is 12.1 Å². The van der Waals surface area contributed by atoms with Crippen molar-refractivity contribution in [2.24, 2.45) is 0 Å². The summed E-state index contributed by atoms with van der Waals surface area (Å²) in [6.07, 6.45) is -4.90. The van der Waals surface area contributed by atoms with Crippen LogP contribution in [0.25, 0.3) is 0 Å². The molecule has 0 fully saturated rings. The SMILES string of the molecule is Cc1cccc(C(O)(c2ccccn2)C(F)(F)C(F)(F)F)c1. The zero-order valence-electron chi connectivity index (χ0n) is 11.4. The van der Waals surface area contributed by atoms with Crippen molar-refractivity contribution < 1.29 is 27.1 Å². The van der Waals surface area contributed by atoms with Crippen molar-refractivity contribution in [3.8, 4) is 0 Å². The molecule has 0 aliphatic rings. The van der Waals surface area contributed by atoms with Crippen LogP contribution in [0.15, 0.2) is 48.7 Å². The van der Waals surface area contributed by atoms with Gasteiger partial charge in [-0.05, 0) is 24.6 Å². The normalized spacial score (nSPS) is 15.4. The largest absolute Gasteiger partial charge is 0.457 e. The first kappa shape index (κ1) is 16.4. The highest BCUT2D eigenvalue weighted by Gasteiger charge is 2.71. The van der Waals surface area contributed by atoms with Crippen molar-refractivity contribution in [2.75, 3.05) is 0 Å². The van der Waals surface area contributed by atoms with Crippen molar-refractivity contribution in [2.45, 2.75) is 24.6 Å². The Bertz CT molecular complexity index is 656. The summed E-state index contributed by atoms with van der Waals surface area (Å²) in [4.78, 5) is 3.51. The van der Waals surface area contributed by atoms with Gasteiger partial charge in [0.05, 0.1) is 5.69 Å². The summed E-state index contributed by atoms with van der Waals surface area (Å²) >= 11 is 0. The lowest BCUT2D eigenvalue weighted by Gasteiger charge is -2.36. The highest BCUT2D eigenvalue weighted by molar-refractivity contribution is 5.38. The molecule has 1 aromatic carbocycles. The summed E-state index contributed by atoms with van der Waals surface area (Å²) in [7, 11) is 0. The molecule has 0 saturated carbocycles. The first-order valence-corrected chi connectivity index (χ1v) is 6.26. The molecule has 1 unspecified atom stereocenters. The van der Waals surface area contributed by atoms with Gasteiger partial charge < -0.3 is 5.11 Å². The number of halogens is 5. The lowest BCUT2D eigenvalue weighted by Crippen LogP contribution is -2.56. The van der Waals surface area contributed by atoms with Gasteiger partial charge in [0, 0.05) is 6.20 Å². The first-order chi connectivity index (χ1) is 10.1. The second kappa shape index (κ2) is 5.31. The van der Waals surface area contributed by atoms with Crippen LogP contribution in [0, 0.1) is 6.92 Å². The van der Waals surface area contributed by atoms with Crippen molar-refractivity contribution >= 4 is 0 Å². The van der Waals surface area contributed by atoms with Crippen molar-refractivity contribution in [3.05, 3.63) is 65.5 Å². The molecule has 1 atom stereocenters. The van der Waals surface area contributed by atoms with Gasteiger partial charge in [-0.15, -0.1) is 0 Å². The predicted molar refractivity (Wildman–Crippen MR) is 69.4 cm³/mol. The fourth-order valence-corrected chi connectivity index (χ4v) is 2.14. The number of hydrogen-bond donors (Lipinski definition) is 1. The van der Waals surface area contributed by atoms with Gasteiger partial charge in [-0.1, -0.05) is 35.9 Å². The van der Waals surface area contributed by atoms with Crippen LogP contribution in [0.2, 0.25) is 0 Å². The molecule has 0 aliphatic heterocycles. The Balaban J connectivity index is 2.76. The minimum absolute atomic E-state index is 0.435. The number of benzene rings is 1. The topological polar surface area (TPSA) is 33.1 Å². The first-order valence-electron chi connectivity index (χ1n) is 6.26. The number of hydrogen-bond acceptors (Lipinski definition) is 2. The predicted octanol–water partition coefficient (Wildman–Crippen LogP) is 3.82. The highest BCUT2D eigenvalue weighted by atomic mass is 19.4. The highest BCUT2D eigenvalue weighted by Crippen LogP contribution is 2.51. The van der Waals surface area contributed by atoms with E-state index < -0.39 is 29.0 Å². The molecule has 1 N–H and O–H groups in total. The van der Waals surface area contributed by atoms with E-state index in [0.29, 0.717) is 5.56 Å². The quantitative estimate of drug-likeness (QED) is 0.873. The van der Waals surface area contributed by atoms with Gasteiger partial charge in [0.25, 0.3) is 0 Å². The maximum absolute atomic E-state index is 14.1. The second-order valence-electron chi connectivity index (χ2n) is 4.87. The fraction of sp³-hybridized carbons (Fsp3) is 0.267. The van der Waals surface area contributed by atoms with E-state index in [9.17, 15) is 27.1 Å². The van der Waals surface area contributed by atoms with E-state index in [1.165, 1.54) is 31.2 Å². The molecule has 0 amide bonds. The number of aryl methyl sites for hydroxylation is 1. The molecule has 2 nitrogen and oxygen atoms in total. The third-order valence-electron chi connectivity index (χ3n) is 3.28. The van der Waals surface area contributed by atoms with Gasteiger partial charge in [0.1, 0.15) is 0 Å². The van der Waals surface area contributed by atoms with Crippen molar-refractivity contribution in [3.63, 3.8) is 0 Å². The van der Waals surface area contributed by atoms with Crippen molar-refractivity contribution in [1.82, 2.24) is 4.98 Å². The van der Waals surface area contributed by atoms with Crippen LogP contribution in [-0.2, 0) is 5.60 Å². The van der Waals surface area contributed by atoms with E-state index in [-0.39, 0.29) is 0 Å². The van der Waals surface area contributed by atoms with E-state index in [1.807, 2.05) is 0 Å². The summed E-state index contributed by atoms with van der Waals surface area (Å²) in [5, 5.41) is 10.4. The second-order valence-corrected chi connectivity index (χ2v) is 4.87. The molecule has 1 aromatic heterocycles. The minimum atomic E-state index is -5.94. The smallest absolute Gasteiger partial charge is 0.373 e. The molecule has 118 valence electrons. The monoisotopic (exact) mass is 317 g/mol. The molecule has 2 rings (SSSR count). The summed E-state index contributed by atoms with van der Waals surface area (Å²) < 4.78 is 66.7. The molecule has 0 spiro atoms. The molecule has 0 aliphatic carbocycles.